The number of rotatable bonds is 7. The van der Waals surface area contributed by atoms with E-state index in [0.717, 1.165) is 28.3 Å². The highest BCUT2D eigenvalue weighted by Crippen LogP contribution is 2.26. The molecule has 4 rings (SSSR count). The van der Waals surface area contributed by atoms with Crippen LogP contribution >= 0.6 is 0 Å². The maximum absolute atomic E-state index is 12.2. The minimum atomic E-state index is -0.209. The Morgan fingerprint density at radius 2 is 1.90 bits per heavy atom. The van der Waals surface area contributed by atoms with Crippen molar-refractivity contribution < 1.29 is 13.9 Å². The maximum atomic E-state index is 12.2. The van der Waals surface area contributed by atoms with Crippen LogP contribution in [0.5, 0.6) is 5.75 Å². The summed E-state index contributed by atoms with van der Waals surface area (Å²) in [6, 6.07) is 21.1. The largest absolute Gasteiger partial charge is 0.497 e. The number of hydrogen-bond acceptors (Lipinski definition) is 4. The molecule has 0 bridgehead atoms. The fourth-order valence-electron chi connectivity index (χ4n) is 3.01. The zero-order valence-corrected chi connectivity index (χ0v) is 16.5. The van der Waals surface area contributed by atoms with Crippen LogP contribution in [-0.2, 0) is 11.3 Å². The van der Waals surface area contributed by atoms with Crippen LogP contribution < -0.4 is 10.1 Å². The summed E-state index contributed by atoms with van der Waals surface area (Å²) in [5, 5.41) is 7.55. The molecule has 30 heavy (non-hydrogen) atoms. The lowest BCUT2D eigenvalue weighted by molar-refractivity contribution is -0.116. The topological polar surface area (TPSA) is 69.3 Å². The first kappa shape index (κ1) is 19.3. The van der Waals surface area contributed by atoms with Crippen molar-refractivity contribution in [1.82, 2.24) is 15.1 Å². The molecule has 0 unspecified atom stereocenters. The molecule has 6 nitrogen and oxygen atoms in total. The third kappa shape index (κ3) is 4.50. The molecule has 0 saturated carbocycles. The SMILES string of the molecule is COc1ccc(-c2nn(-c3ccccc3)cc2/C=C/C(=O)NCc2ccco2)cc1. The normalized spacial score (nSPS) is 11.0. The van der Waals surface area contributed by atoms with Gasteiger partial charge >= 0.3 is 0 Å². The number of aromatic nitrogens is 2. The average molecular weight is 399 g/mol. The van der Waals surface area contributed by atoms with Gasteiger partial charge in [-0.1, -0.05) is 18.2 Å². The van der Waals surface area contributed by atoms with Crippen LogP contribution in [0.4, 0.5) is 0 Å². The molecule has 150 valence electrons. The molecule has 2 heterocycles. The second-order valence-corrected chi connectivity index (χ2v) is 6.57. The zero-order valence-electron chi connectivity index (χ0n) is 16.5. The van der Waals surface area contributed by atoms with Crippen LogP contribution in [-0.4, -0.2) is 22.8 Å². The Bertz CT molecular complexity index is 1130. The molecular formula is C24H21N3O3. The number of benzene rings is 2. The summed E-state index contributed by atoms with van der Waals surface area (Å²) in [5.41, 5.74) is 3.48. The van der Waals surface area contributed by atoms with E-state index in [1.165, 1.54) is 6.08 Å². The van der Waals surface area contributed by atoms with E-state index in [1.54, 1.807) is 30.2 Å². The molecule has 0 aliphatic carbocycles. The number of carbonyl (C=O) groups is 1. The van der Waals surface area contributed by atoms with Gasteiger partial charge in [-0.2, -0.15) is 5.10 Å². The van der Waals surface area contributed by atoms with Crippen molar-refractivity contribution in [1.29, 1.82) is 0 Å². The van der Waals surface area contributed by atoms with Gasteiger partial charge in [-0.25, -0.2) is 4.68 Å². The maximum Gasteiger partial charge on any atom is 0.244 e. The summed E-state index contributed by atoms with van der Waals surface area (Å²) in [6.07, 6.45) is 6.76. The molecule has 1 amide bonds. The second-order valence-electron chi connectivity index (χ2n) is 6.57. The zero-order chi connectivity index (χ0) is 20.8. The van der Waals surface area contributed by atoms with E-state index < -0.39 is 0 Å². The molecule has 0 saturated heterocycles. The minimum absolute atomic E-state index is 0.209. The van der Waals surface area contributed by atoms with Crippen LogP contribution in [0, 0.1) is 0 Å². The molecule has 0 radical (unpaired) electrons. The lowest BCUT2D eigenvalue weighted by Crippen LogP contribution is -2.19. The molecule has 0 atom stereocenters. The standard InChI is InChI=1S/C24H21N3O3/c1-29-21-12-9-18(10-13-21)24-19(17-27(26-24)20-6-3-2-4-7-20)11-14-23(28)25-16-22-8-5-15-30-22/h2-15,17H,16H2,1H3,(H,25,28)/b14-11+. The fourth-order valence-corrected chi connectivity index (χ4v) is 3.01. The molecule has 1 N–H and O–H groups in total. The number of nitrogens with zero attached hydrogens (tertiary/aromatic N) is 2. The van der Waals surface area contributed by atoms with E-state index in [9.17, 15) is 4.79 Å². The average Bonchev–Trinajstić information content (AvgIpc) is 3.47. The summed E-state index contributed by atoms with van der Waals surface area (Å²) in [6.45, 7) is 0.338. The van der Waals surface area contributed by atoms with E-state index in [-0.39, 0.29) is 5.91 Å². The molecule has 0 fully saturated rings. The molecule has 2 aromatic heterocycles. The highest BCUT2D eigenvalue weighted by Gasteiger charge is 2.11. The minimum Gasteiger partial charge on any atom is -0.497 e. The molecule has 0 aliphatic rings. The van der Waals surface area contributed by atoms with Gasteiger partial charge < -0.3 is 14.5 Å². The van der Waals surface area contributed by atoms with Crippen LogP contribution in [0.25, 0.3) is 23.0 Å². The number of hydrogen-bond donors (Lipinski definition) is 1. The van der Waals surface area contributed by atoms with Gasteiger partial charge in [0.2, 0.25) is 5.91 Å². The van der Waals surface area contributed by atoms with Crippen molar-refractivity contribution >= 4 is 12.0 Å². The number of furan rings is 1. The van der Waals surface area contributed by atoms with E-state index in [1.807, 2.05) is 66.9 Å². The monoisotopic (exact) mass is 399 g/mol. The van der Waals surface area contributed by atoms with Gasteiger partial charge in [-0.3, -0.25) is 4.79 Å². The van der Waals surface area contributed by atoms with E-state index in [2.05, 4.69) is 5.32 Å². The Labute approximate surface area is 174 Å². The Balaban J connectivity index is 1.61. The summed E-state index contributed by atoms with van der Waals surface area (Å²) in [7, 11) is 1.63. The van der Waals surface area contributed by atoms with Crippen molar-refractivity contribution in [3.05, 3.63) is 96.6 Å². The molecule has 4 aromatic rings. The van der Waals surface area contributed by atoms with Crippen molar-refractivity contribution in [2.45, 2.75) is 6.54 Å². The van der Waals surface area contributed by atoms with Crippen LogP contribution in [0.15, 0.2) is 89.7 Å². The third-order valence-corrected chi connectivity index (χ3v) is 4.56. The number of para-hydroxylation sites is 1. The third-order valence-electron chi connectivity index (χ3n) is 4.56. The molecule has 2 aromatic carbocycles. The molecule has 6 heteroatoms. The molecule has 0 spiro atoms. The first-order chi connectivity index (χ1) is 14.7. The highest BCUT2D eigenvalue weighted by molar-refractivity contribution is 5.92. The van der Waals surface area contributed by atoms with E-state index >= 15 is 0 Å². The first-order valence-corrected chi connectivity index (χ1v) is 9.51. The Hall–Kier alpha value is -4.06. The van der Waals surface area contributed by atoms with Gasteiger partial charge in [0.15, 0.2) is 0 Å². The predicted octanol–water partition coefficient (Wildman–Crippen LogP) is 4.47. The smallest absolute Gasteiger partial charge is 0.244 e. The van der Waals surface area contributed by atoms with Gasteiger partial charge in [0, 0.05) is 23.4 Å². The quantitative estimate of drug-likeness (QED) is 0.466. The first-order valence-electron chi connectivity index (χ1n) is 9.51. The van der Waals surface area contributed by atoms with Crippen molar-refractivity contribution in [2.75, 3.05) is 7.11 Å². The van der Waals surface area contributed by atoms with Gasteiger partial charge in [-0.15, -0.1) is 0 Å². The van der Waals surface area contributed by atoms with Crippen molar-refractivity contribution in [3.63, 3.8) is 0 Å². The lowest BCUT2D eigenvalue weighted by atomic mass is 10.1. The Kier molecular flexibility index (Phi) is 5.75. The highest BCUT2D eigenvalue weighted by atomic mass is 16.5. The van der Waals surface area contributed by atoms with E-state index in [4.69, 9.17) is 14.3 Å². The Morgan fingerprint density at radius 1 is 1.10 bits per heavy atom. The summed E-state index contributed by atoms with van der Waals surface area (Å²) < 4.78 is 12.3. The number of nitrogens with one attached hydrogen (secondary N) is 1. The van der Waals surface area contributed by atoms with Gasteiger partial charge in [0.25, 0.3) is 0 Å². The number of methoxy groups -OCH3 is 1. The van der Waals surface area contributed by atoms with Crippen molar-refractivity contribution in [2.24, 2.45) is 0 Å². The predicted molar refractivity (Wildman–Crippen MR) is 115 cm³/mol. The van der Waals surface area contributed by atoms with Gasteiger partial charge in [0.05, 0.1) is 31.3 Å². The van der Waals surface area contributed by atoms with Crippen LogP contribution in [0.1, 0.15) is 11.3 Å². The van der Waals surface area contributed by atoms with Crippen LogP contribution in [0.3, 0.4) is 0 Å². The molecule has 0 aliphatic heterocycles. The summed E-state index contributed by atoms with van der Waals surface area (Å²) in [5.74, 6) is 1.27. The van der Waals surface area contributed by atoms with Crippen molar-refractivity contribution in [3.8, 4) is 22.7 Å². The molecular weight excluding hydrogens is 378 g/mol. The number of amides is 1. The fraction of sp³-hybridized carbons (Fsp3) is 0.0833. The summed E-state index contributed by atoms with van der Waals surface area (Å²) in [4.78, 5) is 12.2. The summed E-state index contributed by atoms with van der Waals surface area (Å²) >= 11 is 0. The number of carbonyl (C=O) groups excluding carboxylic acids is 1. The van der Waals surface area contributed by atoms with Gasteiger partial charge in [0.1, 0.15) is 11.5 Å². The van der Waals surface area contributed by atoms with Crippen LogP contribution in [0.2, 0.25) is 0 Å². The second kappa shape index (κ2) is 8.96. The van der Waals surface area contributed by atoms with E-state index in [0.29, 0.717) is 12.3 Å². The van der Waals surface area contributed by atoms with Gasteiger partial charge in [-0.05, 0) is 54.6 Å². The lowest BCUT2D eigenvalue weighted by Gasteiger charge is -2.03. The number of ether oxygens (including phenoxy) is 1. The Morgan fingerprint density at radius 3 is 2.60 bits per heavy atom.